The zero-order valence-corrected chi connectivity index (χ0v) is 11.8. The number of rotatable bonds is 3. The zero-order chi connectivity index (χ0) is 11.5. The van der Waals surface area contributed by atoms with Gasteiger partial charge in [0.05, 0.1) is 28.3 Å². The molecule has 0 radical (unpaired) electrons. The Balaban J connectivity index is 2.15. The molecule has 6 heteroatoms. The van der Waals surface area contributed by atoms with E-state index >= 15 is 0 Å². The number of methoxy groups -OCH3 is 1. The molecule has 1 saturated heterocycles. The van der Waals surface area contributed by atoms with Crippen molar-refractivity contribution in [1.82, 2.24) is 0 Å². The van der Waals surface area contributed by atoms with E-state index in [1.54, 1.807) is 0 Å². The lowest BCUT2D eigenvalue weighted by Crippen LogP contribution is -2.20. The highest BCUT2D eigenvalue weighted by atomic mass is 127. The molecule has 2 rings (SSSR count). The van der Waals surface area contributed by atoms with Crippen molar-refractivity contribution in [1.29, 1.82) is 0 Å². The van der Waals surface area contributed by atoms with Crippen LogP contribution in [0.5, 0.6) is 0 Å². The number of ether oxygens (including phenoxy) is 2. The smallest absolute Gasteiger partial charge is 0.350 e. The summed E-state index contributed by atoms with van der Waals surface area (Å²) >= 11 is 3.64. The van der Waals surface area contributed by atoms with Gasteiger partial charge in [-0.25, -0.2) is 4.79 Å². The maximum atomic E-state index is 11.5. The Morgan fingerprint density at radius 2 is 2.56 bits per heavy atom. The third kappa shape index (κ3) is 2.67. The minimum Gasteiger partial charge on any atom is -0.465 e. The van der Waals surface area contributed by atoms with Crippen LogP contribution in [-0.4, -0.2) is 32.3 Å². The van der Waals surface area contributed by atoms with Crippen molar-refractivity contribution in [2.45, 2.75) is 12.5 Å². The largest absolute Gasteiger partial charge is 0.465 e. The standard InChI is InChI=1S/C10H12INO3S/c1-14-10(13)9-7(4-8(11)16-9)12-6-2-3-15-5-6/h4,6,12H,2-3,5H2,1H3. The lowest BCUT2D eigenvalue weighted by atomic mass is 10.2. The minimum absolute atomic E-state index is 0.283. The van der Waals surface area contributed by atoms with Crippen LogP contribution in [0.4, 0.5) is 5.69 Å². The number of halogens is 1. The second kappa shape index (κ2) is 5.33. The first kappa shape index (κ1) is 12.1. The van der Waals surface area contributed by atoms with Crippen LogP contribution in [0.2, 0.25) is 0 Å². The highest BCUT2D eigenvalue weighted by Gasteiger charge is 2.21. The number of thiophene rings is 1. The summed E-state index contributed by atoms with van der Waals surface area (Å²) in [6.07, 6.45) is 0.979. The summed E-state index contributed by atoms with van der Waals surface area (Å²) in [6.45, 7) is 1.49. The van der Waals surface area contributed by atoms with Crippen LogP contribution >= 0.6 is 33.9 Å². The van der Waals surface area contributed by atoms with Crippen molar-refractivity contribution in [3.05, 3.63) is 13.8 Å². The lowest BCUT2D eigenvalue weighted by Gasteiger charge is -2.11. The third-order valence-electron chi connectivity index (χ3n) is 2.36. The molecule has 1 fully saturated rings. The summed E-state index contributed by atoms with van der Waals surface area (Å²) < 4.78 is 11.1. The summed E-state index contributed by atoms with van der Waals surface area (Å²) in [5.41, 5.74) is 0.858. The summed E-state index contributed by atoms with van der Waals surface area (Å²) in [7, 11) is 1.40. The maximum absolute atomic E-state index is 11.5. The Kier molecular flexibility index (Phi) is 4.04. The SMILES string of the molecule is COC(=O)c1sc(I)cc1NC1CCOC1. The quantitative estimate of drug-likeness (QED) is 0.670. The molecule has 0 spiro atoms. The van der Waals surface area contributed by atoms with Crippen molar-refractivity contribution in [3.63, 3.8) is 0 Å². The Morgan fingerprint density at radius 3 is 3.19 bits per heavy atom. The van der Waals surface area contributed by atoms with Crippen LogP contribution in [-0.2, 0) is 9.47 Å². The monoisotopic (exact) mass is 353 g/mol. The van der Waals surface area contributed by atoms with Gasteiger partial charge >= 0.3 is 5.97 Å². The fourth-order valence-corrected chi connectivity index (χ4v) is 3.32. The van der Waals surface area contributed by atoms with Crippen LogP contribution < -0.4 is 5.32 Å². The van der Waals surface area contributed by atoms with Crippen LogP contribution in [0.1, 0.15) is 16.1 Å². The molecule has 1 aromatic heterocycles. The van der Waals surface area contributed by atoms with Crippen LogP contribution in [0.15, 0.2) is 6.07 Å². The molecule has 0 aromatic carbocycles. The number of carbonyl (C=O) groups is 1. The van der Waals surface area contributed by atoms with Gasteiger partial charge in [0.15, 0.2) is 0 Å². The highest BCUT2D eigenvalue weighted by molar-refractivity contribution is 14.1. The average Bonchev–Trinajstić information content (AvgIpc) is 2.88. The van der Waals surface area contributed by atoms with E-state index in [0.717, 1.165) is 21.6 Å². The van der Waals surface area contributed by atoms with Crippen molar-refractivity contribution in [2.24, 2.45) is 0 Å². The van der Waals surface area contributed by atoms with E-state index in [1.165, 1.54) is 18.4 Å². The molecule has 4 nitrogen and oxygen atoms in total. The number of hydrogen-bond acceptors (Lipinski definition) is 5. The van der Waals surface area contributed by atoms with Crippen molar-refractivity contribution >= 4 is 45.6 Å². The number of hydrogen-bond donors (Lipinski definition) is 1. The first-order valence-electron chi connectivity index (χ1n) is 4.92. The highest BCUT2D eigenvalue weighted by Crippen LogP contribution is 2.30. The van der Waals surface area contributed by atoms with Gasteiger partial charge in [0, 0.05) is 6.61 Å². The summed E-state index contributed by atoms with van der Waals surface area (Å²) in [4.78, 5) is 12.2. The lowest BCUT2D eigenvalue weighted by molar-refractivity contribution is 0.0607. The molecule has 0 saturated carbocycles. The van der Waals surface area contributed by atoms with Crippen molar-refractivity contribution < 1.29 is 14.3 Å². The molecule has 2 heterocycles. The van der Waals surface area contributed by atoms with Gasteiger partial charge in [-0.15, -0.1) is 11.3 Å². The third-order valence-corrected chi connectivity index (χ3v) is 4.24. The van der Waals surface area contributed by atoms with Gasteiger partial charge in [-0.1, -0.05) is 0 Å². The first-order chi connectivity index (χ1) is 7.70. The Bertz CT molecular complexity index is 387. The zero-order valence-electron chi connectivity index (χ0n) is 8.79. The number of anilines is 1. The molecule has 0 bridgehead atoms. The van der Waals surface area contributed by atoms with Crippen LogP contribution in [0.3, 0.4) is 0 Å². The molecule has 1 aromatic rings. The van der Waals surface area contributed by atoms with Gasteiger partial charge in [-0.05, 0) is 35.1 Å². The minimum atomic E-state index is -0.283. The second-order valence-electron chi connectivity index (χ2n) is 3.49. The van der Waals surface area contributed by atoms with Gasteiger partial charge < -0.3 is 14.8 Å². The number of nitrogens with one attached hydrogen (secondary N) is 1. The number of esters is 1. The molecule has 1 atom stereocenters. The molecular formula is C10H12INO3S. The topological polar surface area (TPSA) is 47.6 Å². The molecule has 1 unspecified atom stereocenters. The van der Waals surface area contributed by atoms with Gasteiger partial charge in [0.2, 0.25) is 0 Å². The molecule has 0 amide bonds. The van der Waals surface area contributed by atoms with Gasteiger partial charge in [-0.3, -0.25) is 0 Å². The van der Waals surface area contributed by atoms with Gasteiger partial charge in [0.1, 0.15) is 4.88 Å². The maximum Gasteiger partial charge on any atom is 0.350 e. The normalized spacial score (nSPS) is 19.8. The van der Waals surface area contributed by atoms with E-state index in [-0.39, 0.29) is 5.97 Å². The predicted molar refractivity (Wildman–Crippen MR) is 71.2 cm³/mol. The van der Waals surface area contributed by atoms with Crippen molar-refractivity contribution in [3.8, 4) is 0 Å². The Labute approximate surface area is 111 Å². The van der Waals surface area contributed by atoms with E-state index in [4.69, 9.17) is 9.47 Å². The Hall–Kier alpha value is -0.340. The van der Waals surface area contributed by atoms with Crippen molar-refractivity contribution in [2.75, 3.05) is 25.6 Å². The van der Waals surface area contributed by atoms with E-state index < -0.39 is 0 Å². The van der Waals surface area contributed by atoms with Crippen LogP contribution in [0.25, 0.3) is 0 Å². The fourth-order valence-electron chi connectivity index (χ4n) is 1.58. The summed E-state index contributed by atoms with van der Waals surface area (Å²) in [6, 6.07) is 2.27. The average molecular weight is 353 g/mol. The van der Waals surface area contributed by atoms with Crippen LogP contribution in [0, 0.1) is 2.88 Å². The predicted octanol–water partition coefficient (Wildman–Crippen LogP) is 2.34. The van der Waals surface area contributed by atoms with E-state index in [2.05, 4.69) is 27.9 Å². The summed E-state index contributed by atoms with van der Waals surface area (Å²) in [5.74, 6) is -0.283. The Morgan fingerprint density at radius 1 is 1.75 bits per heavy atom. The first-order valence-corrected chi connectivity index (χ1v) is 6.82. The fraction of sp³-hybridized carbons (Fsp3) is 0.500. The van der Waals surface area contributed by atoms with Gasteiger partial charge in [-0.2, -0.15) is 0 Å². The van der Waals surface area contributed by atoms with E-state index in [1.807, 2.05) is 6.07 Å². The van der Waals surface area contributed by atoms with E-state index in [9.17, 15) is 4.79 Å². The second-order valence-corrected chi connectivity index (χ2v) is 6.44. The van der Waals surface area contributed by atoms with Gasteiger partial charge in [0.25, 0.3) is 0 Å². The molecule has 88 valence electrons. The van der Waals surface area contributed by atoms with E-state index in [0.29, 0.717) is 17.5 Å². The molecule has 16 heavy (non-hydrogen) atoms. The number of carbonyl (C=O) groups excluding carboxylic acids is 1. The molecule has 1 aliphatic rings. The molecule has 1 aliphatic heterocycles. The summed E-state index contributed by atoms with van der Waals surface area (Å²) in [5, 5.41) is 3.33. The molecule has 1 N–H and O–H groups in total. The molecule has 0 aliphatic carbocycles. The molecular weight excluding hydrogens is 341 g/mol.